The summed E-state index contributed by atoms with van der Waals surface area (Å²) in [5, 5.41) is 2.83. The van der Waals surface area contributed by atoms with Crippen LogP contribution in [-0.2, 0) is 14.8 Å². The summed E-state index contributed by atoms with van der Waals surface area (Å²) in [6.07, 6.45) is 2.74. The van der Waals surface area contributed by atoms with E-state index in [-0.39, 0.29) is 10.8 Å². The van der Waals surface area contributed by atoms with Gasteiger partial charge in [-0.2, -0.15) is 4.31 Å². The Morgan fingerprint density at radius 3 is 2.30 bits per heavy atom. The molecule has 1 saturated heterocycles. The van der Waals surface area contributed by atoms with E-state index < -0.39 is 16.1 Å². The van der Waals surface area contributed by atoms with Crippen molar-refractivity contribution >= 4 is 21.6 Å². The summed E-state index contributed by atoms with van der Waals surface area (Å²) in [6, 6.07) is 12.1. The molecule has 0 radical (unpaired) electrons. The summed E-state index contributed by atoms with van der Waals surface area (Å²) in [4.78, 5) is 12.9. The summed E-state index contributed by atoms with van der Waals surface area (Å²) in [6.45, 7) is 7.05. The molecule has 0 bridgehead atoms. The second kappa shape index (κ2) is 9.62. The molecule has 0 aliphatic carbocycles. The van der Waals surface area contributed by atoms with Crippen molar-refractivity contribution in [3.05, 3.63) is 53.6 Å². The van der Waals surface area contributed by atoms with Gasteiger partial charge < -0.3 is 10.1 Å². The Bertz CT molecular complexity index is 981. The number of carbonyl (C=O) groups excluding carboxylic acids is 1. The highest BCUT2D eigenvalue weighted by atomic mass is 32.2. The normalized spacial score (nSPS) is 16.1. The summed E-state index contributed by atoms with van der Waals surface area (Å²) in [5.74, 6) is 0.394. The van der Waals surface area contributed by atoms with E-state index in [0.29, 0.717) is 30.9 Å². The summed E-state index contributed by atoms with van der Waals surface area (Å²) in [5.41, 5.74) is 2.81. The molecule has 162 valence electrons. The van der Waals surface area contributed by atoms with Crippen LogP contribution in [0.3, 0.4) is 0 Å². The molecule has 3 rings (SSSR count). The quantitative estimate of drug-likeness (QED) is 0.712. The molecule has 7 heteroatoms. The maximum absolute atomic E-state index is 12.7. The molecule has 1 fully saturated rings. The van der Waals surface area contributed by atoms with E-state index in [4.69, 9.17) is 4.74 Å². The molecule has 1 aliphatic rings. The predicted molar refractivity (Wildman–Crippen MR) is 118 cm³/mol. The number of ether oxygens (including phenoxy) is 1. The average Bonchev–Trinajstić information content (AvgIpc) is 2.75. The van der Waals surface area contributed by atoms with Crippen LogP contribution in [0.25, 0.3) is 0 Å². The molecule has 6 nitrogen and oxygen atoms in total. The van der Waals surface area contributed by atoms with Gasteiger partial charge in [-0.1, -0.05) is 19.4 Å². The van der Waals surface area contributed by atoms with Gasteiger partial charge in [-0.25, -0.2) is 8.42 Å². The second-order valence-electron chi connectivity index (χ2n) is 7.74. The zero-order chi connectivity index (χ0) is 21.7. The Hall–Kier alpha value is -2.38. The van der Waals surface area contributed by atoms with Gasteiger partial charge in [-0.3, -0.25) is 4.79 Å². The SMILES string of the molecule is CCC(Oc1ccc(C)c(C)c1)C(=O)Nc1ccc(S(=O)(=O)N2CCCCC2)cc1. The molecule has 2 aromatic carbocycles. The number of benzene rings is 2. The van der Waals surface area contributed by atoms with Gasteiger partial charge in [0, 0.05) is 18.8 Å². The van der Waals surface area contributed by atoms with Crippen molar-refractivity contribution < 1.29 is 17.9 Å². The van der Waals surface area contributed by atoms with Crippen molar-refractivity contribution in [2.24, 2.45) is 0 Å². The largest absolute Gasteiger partial charge is 0.481 e. The molecule has 1 atom stereocenters. The lowest BCUT2D eigenvalue weighted by Gasteiger charge is -2.26. The maximum Gasteiger partial charge on any atom is 0.265 e. The van der Waals surface area contributed by atoms with Crippen molar-refractivity contribution in [3.8, 4) is 5.75 Å². The number of amides is 1. The summed E-state index contributed by atoms with van der Waals surface area (Å²) >= 11 is 0. The van der Waals surface area contributed by atoms with E-state index in [2.05, 4.69) is 5.32 Å². The van der Waals surface area contributed by atoms with Crippen molar-refractivity contribution in [1.82, 2.24) is 4.31 Å². The van der Waals surface area contributed by atoms with E-state index in [9.17, 15) is 13.2 Å². The van der Waals surface area contributed by atoms with E-state index in [1.54, 1.807) is 24.3 Å². The monoisotopic (exact) mass is 430 g/mol. The number of piperidine rings is 1. The van der Waals surface area contributed by atoms with Crippen LogP contribution in [0, 0.1) is 13.8 Å². The first-order chi connectivity index (χ1) is 14.3. The molecule has 1 heterocycles. The molecule has 1 N–H and O–H groups in total. The summed E-state index contributed by atoms with van der Waals surface area (Å²) in [7, 11) is -3.48. The molecule has 0 aromatic heterocycles. The first-order valence-electron chi connectivity index (χ1n) is 10.5. The fourth-order valence-corrected chi connectivity index (χ4v) is 4.98. The Balaban J connectivity index is 1.66. The van der Waals surface area contributed by atoms with E-state index in [0.717, 1.165) is 24.8 Å². The minimum Gasteiger partial charge on any atom is -0.481 e. The zero-order valence-electron chi connectivity index (χ0n) is 17.8. The number of nitrogens with zero attached hydrogens (tertiary/aromatic N) is 1. The first-order valence-corrected chi connectivity index (χ1v) is 11.9. The lowest BCUT2D eigenvalue weighted by Crippen LogP contribution is -2.35. The van der Waals surface area contributed by atoms with Gasteiger partial charge in [0.2, 0.25) is 10.0 Å². The van der Waals surface area contributed by atoms with Gasteiger partial charge in [0.1, 0.15) is 5.75 Å². The smallest absolute Gasteiger partial charge is 0.265 e. The molecule has 0 saturated carbocycles. The van der Waals surface area contributed by atoms with E-state index in [1.807, 2.05) is 39.0 Å². The molecule has 30 heavy (non-hydrogen) atoms. The lowest BCUT2D eigenvalue weighted by atomic mass is 10.1. The Morgan fingerprint density at radius 1 is 1.03 bits per heavy atom. The molecular weight excluding hydrogens is 400 g/mol. The number of anilines is 1. The predicted octanol–water partition coefficient (Wildman–Crippen LogP) is 4.27. The topological polar surface area (TPSA) is 75.7 Å². The van der Waals surface area contributed by atoms with Crippen LogP contribution >= 0.6 is 0 Å². The van der Waals surface area contributed by atoms with Crippen LogP contribution < -0.4 is 10.1 Å². The number of aryl methyl sites for hydroxylation is 2. The molecule has 0 spiro atoms. The fraction of sp³-hybridized carbons (Fsp3) is 0.435. The van der Waals surface area contributed by atoms with Crippen molar-refractivity contribution in [2.45, 2.75) is 57.5 Å². The second-order valence-corrected chi connectivity index (χ2v) is 9.68. The van der Waals surface area contributed by atoms with Gasteiger partial charge in [0.25, 0.3) is 5.91 Å². The molecule has 2 aromatic rings. The molecule has 1 aliphatic heterocycles. The molecule has 1 amide bonds. The fourth-order valence-electron chi connectivity index (χ4n) is 3.46. The van der Waals surface area contributed by atoms with Crippen LogP contribution in [-0.4, -0.2) is 37.8 Å². The van der Waals surface area contributed by atoms with Crippen LogP contribution in [0.5, 0.6) is 5.75 Å². The van der Waals surface area contributed by atoms with Crippen LogP contribution in [0.1, 0.15) is 43.7 Å². The average molecular weight is 431 g/mol. The van der Waals surface area contributed by atoms with Gasteiger partial charge in [-0.15, -0.1) is 0 Å². The van der Waals surface area contributed by atoms with Crippen LogP contribution in [0.4, 0.5) is 5.69 Å². The van der Waals surface area contributed by atoms with Crippen molar-refractivity contribution in [1.29, 1.82) is 0 Å². The number of sulfonamides is 1. The molecular formula is C23H30N2O4S. The van der Waals surface area contributed by atoms with Crippen LogP contribution in [0.15, 0.2) is 47.4 Å². The van der Waals surface area contributed by atoms with Gasteiger partial charge in [0.05, 0.1) is 4.90 Å². The number of carbonyl (C=O) groups is 1. The van der Waals surface area contributed by atoms with Crippen LogP contribution in [0.2, 0.25) is 0 Å². The van der Waals surface area contributed by atoms with E-state index in [1.165, 1.54) is 9.87 Å². The number of hydrogen-bond acceptors (Lipinski definition) is 4. The third-order valence-electron chi connectivity index (χ3n) is 5.49. The van der Waals surface area contributed by atoms with E-state index >= 15 is 0 Å². The Labute approximate surface area is 179 Å². The standard InChI is InChI=1S/C23H30N2O4S/c1-4-22(29-20-11-8-17(2)18(3)16-20)23(26)24-19-9-12-21(13-10-19)30(27,28)25-14-6-5-7-15-25/h8-13,16,22H,4-7,14-15H2,1-3H3,(H,24,26). The highest BCUT2D eigenvalue weighted by Gasteiger charge is 2.26. The maximum atomic E-state index is 12.7. The first kappa shape index (κ1) is 22.3. The van der Waals surface area contributed by atoms with Gasteiger partial charge in [0.15, 0.2) is 6.10 Å². The minimum absolute atomic E-state index is 0.251. The summed E-state index contributed by atoms with van der Waals surface area (Å²) < 4.78 is 32.9. The van der Waals surface area contributed by atoms with Crippen molar-refractivity contribution in [3.63, 3.8) is 0 Å². The zero-order valence-corrected chi connectivity index (χ0v) is 18.7. The third-order valence-corrected chi connectivity index (χ3v) is 7.41. The Kier molecular flexibility index (Phi) is 7.15. The van der Waals surface area contributed by atoms with Crippen molar-refractivity contribution in [2.75, 3.05) is 18.4 Å². The Morgan fingerprint density at radius 2 is 1.70 bits per heavy atom. The third kappa shape index (κ3) is 5.21. The van der Waals surface area contributed by atoms with Gasteiger partial charge in [-0.05, 0) is 80.6 Å². The number of hydrogen-bond donors (Lipinski definition) is 1. The highest BCUT2D eigenvalue weighted by Crippen LogP contribution is 2.23. The lowest BCUT2D eigenvalue weighted by molar-refractivity contribution is -0.122. The number of rotatable bonds is 7. The molecule has 1 unspecified atom stereocenters. The number of nitrogens with one attached hydrogen (secondary N) is 1. The minimum atomic E-state index is -3.48. The highest BCUT2D eigenvalue weighted by molar-refractivity contribution is 7.89. The van der Waals surface area contributed by atoms with Gasteiger partial charge >= 0.3 is 0 Å².